The molecule has 1 atom stereocenters. The second kappa shape index (κ2) is 10.4. The maximum Gasteiger partial charge on any atom is 0.225 e. The van der Waals surface area contributed by atoms with Crippen molar-refractivity contribution in [2.24, 2.45) is 0 Å². The van der Waals surface area contributed by atoms with Gasteiger partial charge in [0.05, 0.1) is 5.56 Å². The van der Waals surface area contributed by atoms with E-state index in [0.29, 0.717) is 55.8 Å². The average molecular weight is 415 g/mol. The lowest BCUT2D eigenvalue weighted by Gasteiger charge is -2.32. The summed E-state index contributed by atoms with van der Waals surface area (Å²) in [5, 5.41) is 3.03. The first-order valence-electron chi connectivity index (χ1n) is 10.3. The Morgan fingerprint density at radius 3 is 2.40 bits per heavy atom. The van der Waals surface area contributed by atoms with E-state index < -0.39 is 11.6 Å². The number of halogens is 2. The molecule has 3 rings (SSSR count). The van der Waals surface area contributed by atoms with Crippen molar-refractivity contribution in [1.29, 1.82) is 0 Å². The van der Waals surface area contributed by atoms with Gasteiger partial charge in [0.2, 0.25) is 5.95 Å². The van der Waals surface area contributed by atoms with Gasteiger partial charge in [0.1, 0.15) is 11.6 Å². The standard InChI is InChI=1S/C23H28F2N4O/c1-3-4-5-18(14-26-2)22-20(24)10-19(11-21(22)25)17-6-8-29(9-7-17)23-27-12-16(15-30)13-28-23/h3,10-13,15,17-18,26H,1,4-9,14H2,2H3. The van der Waals surface area contributed by atoms with Crippen LogP contribution >= 0.6 is 0 Å². The summed E-state index contributed by atoms with van der Waals surface area (Å²) in [7, 11) is 1.79. The maximum absolute atomic E-state index is 14.9. The number of rotatable bonds is 9. The first-order valence-corrected chi connectivity index (χ1v) is 10.3. The van der Waals surface area contributed by atoms with Crippen LogP contribution in [0.1, 0.15) is 59.0 Å². The van der Waals surface area contributed by atoms with Gasteiger partial charge in [-0.3, -0.25) is 4.79 Å². The number of aromatic nitrogens is 2. The Bertz CT molecular complexity index is 841. The van der Waals surface area contributed by atoms with E-state index in [1.807, 2.05) is 4.90 Å². The lowest BCUT2D eigenvalue weighted by Crippen LogP contribution is -2.34. The second-order valence-electron chi connectivity index (χ2n) is 7.71. The molecular weight excluding hydrogens is 386 g/mol. The summed E-state index contributed by atoms with van der Waals surface area (Å²) in [6.07, 6.45) is 8.36. The first kappa shape index (κ1) is 22.0. The van der Waals surface area contributed by atoms with Crippen molar-refractivity contribution in [1.82, 2.24) is 15.3 Å². The number of aldehydes is 1. The summed E-state index contributed by atoms with van der Waals surface area (Å²) >= 11 is 0. The van der Waals surface area contributed by atoms with Gasteiger partial charge < -0.3 is 10.2 Å². The van der Waals surface area contributed by atoms with E-state index in [-0.39, 0.29) is 17.4 Å². The van der Waals surface area contributed by atoms with Gasteiger partial charge in [0.25, 0.3) is 0 Å². The van der Waals surface area contributed by atoms with E-state index in [9.17, 15) is 13.6 Å². The Morgan fingerprint density at radius 2 is 1.87 bits per heavy atom. The minimum absolute atomic E-state index is 0.0875. The summed E-state index contributed by atoms with van der Waals surface area (Å²) < 4.78 is 29.9. The quantitative estimate of drug-likeness (QED) is 0.492. The van der Waals surface area contributed by atoms with E-state index >= 15 is 0 Å². The molecule has 2 heterocycles. The van der Waals surface area contributed by atoms with Gasteiger partial charge in [0.15, 0.2) is 6.29 Å². The highest BCUT2D eigenvalue weighted by atomic mass is 19.1. The van der Waals surface area contributed by atoms with Crippen molar-refractivity contribution >= 4 is 12.2 Å². The molecular formula is C23H28F2N4O. The summed E-state index contributed by atoms with van der Waals surface area (Å²) in [5.74, 6) is -0.502. The van der Waals surface area contributed by atoms with Crippen molar-refractivity contribution < 1.29 is 13.6 Å². The van der Waals surface area contributed by atoms with Crippen molar-refractivity contribution in [2.45, 2.75) is 37.5 Å². The van der Waals surface area contributed by atoms with Crippen molar-refractivity contribution in [3.63, 3.8) is 0 Å². The molecule has 0 aliphatic carbocycles. The molecule has 1 aromatic carbocycles. The normalized spacial score (nSPS) is 15.8. The third kappa shape index (κ3) is 5.08. The minimum atomic E-state index is -0.468. The van der Waals surface area contributed by atoms with E-state index in [1.165, 1.54) is 24.5 Å². The Labute approximate surface area is 176 Å². The van der Waals surface area contributed by atoms with Gasteiger partial charge in [-0.2, -0.15) is 0 Å². The summed E-state index contributed by atoms with van der Waals surface area (Å²) in [6.45, 7) is 5.61. The minimum Gasteiger partial charge on any atom is -0.341 e. The Hall–Kier alpha value is -2.67. The number of nitrogens with zero attached hydrogens (tertiary/aromatic N) is 3. The van der Waals surface area contributed by atoms with Crippen LogP contribution in [-0.2, 0) is 0 Å². The number of nitrogens with one attached hydrogen (secondary N) is 1. The number of benzene rings is 1. The predicted molar refractivity (Wildman–Crippen MR) is 114 cm³/mol. The molecule has 0 spiro atoms. The molecule has 1 N–H and O–H groups in total. The molecule has 1 aromatic heterocycles. The van der Waals surface area contributed by atoms with Crippen LogP contribution in [0.15, 0.2) is 37.2 Å². The highest BCUT2D eigenvalue weighted by molar-refractivity contribution is 5.73. The van der Waals surface area contributed by atoms with Crippen LogP contribution in [0, 0.1) is 11.6 Å². The topological polar surface area (TPSA) is 58.1 Å². The molecule has 0 saturated carbocycles. The molecule has 1 aliphatic heterocycles. The number of anilines is 1. The molecule has 0 radical (unpaired) electrons. The molecule has 1 unspecified atom stereocenters. The van der Waals surface area contributed by atoms with Crippen LogP contribution < -0.4 is 10.2 Å². The van der Waals surface area contributed by atoms with Crippen molar-refractivity contribution in [3.05, 3.63) is 65.5 Å². The molecule has 1 fully saturated rings. The molecule has 30 heavy (non-hydrogen) atoms. The predicted octanol–water partition coefficient (Wildman–Crippen LogP) is 4.22. The Balaban J connectivity index is 1.71. The van der Waals surface area contributed by atoms with E-state index in [2.05, 4.69) is 21.9 Å². The number of carbonyl (C=O) groups excluding carboxylic acids is 1. The van der Waals surface area contributed by atoms with Crippen LogP contribution in [0.25, 0.3) is 0 Å². The average Bonchev–Trinajstić information content (AvgIpc) is 2.77. The Kier molecular flexibility index (Phi) is 7.63. The van der Waals surface area contributed by atoms with Gasteiger partial charge in [-0.15, -0.1) is 6.58 Å². The van der Waals surface area contributed by atoms with Gasteiger partial charge in [-0.05, 0) is 56.3 Å². The molecule has 2 aromatic rings. The fourth-order valence-electron chi connectivity index (χ4n) is 4.11. The molecule has 0 amide bonds. The van der Waals surface area contributed by atoms with Crippen LogP contribution in [0.2, 0.25) is 0 Å². The lowest BCUT2D eigenvalue weighted by atomic mass is 9.86. The van der Waals surface area contributed by atoms with Crippen molar-refractivity contribution in [3.8, 4) is 0 Å². The Morgan fingerprint density at radius 1 is 1.23 bits per heavy atom. The van der Waals surface area contributed by atoms with Crippen LogP contribution in [-0.4, -0.2) is 42.9 Å². The molecule has 5 nitrogen and oxygen atoms in total. The number of likely N-dealkylation sites (N-methyl/N-ethyl adjacent to an activating group) is 1. The number of allylic oxidation sites excluding steroid dienone is 1. The van der Waals surface area contributed by atoms with E-state index in [1.54, 1.807) is 13.1 Å². The van der Waals surface area contributed by atoms with E-state index in [4.69, 9.17) is 0 Å². The van der Waals surface area contributed by atoms with Crippen molar-refractivity contribution in [2.75, 3.05) is 31.6 Å². The zero-order chi connectivity index (χ0) is 21.5. The number of piperidine rings is 1. The summed E-state index contributed by atoms with van der Waals surface area (Å²) in [5.41, 5.74) is 1.30. The maximum atomic E-state index is 14.9. The fourth-order valence-corrected chi connectivity index (χ4v) is 4.11. The van der Waals surface area contributed by atoms with Gasteiger partial charge >= 0.3 is 0 Å². The third-order valence-corrected chi connectivity index (χ3v) is 5.72. The van der Waals surface area contributed by atoms with Crippen LogP contribution in [0.4, 0.5) is 14.7 Å². The highest BCUT2D eigenvalue weighted by Gasteiger charge is 2.26. The largest absolute Gasteiger partial charge is 0.341 e. The number of hydrogen-bond donors (Lipinski definition) is 1. The van der Waals surface area contributed by atoms with Gasteiger partial charge in [-0.25, -0.2) is 18.7 Å². The summed E-state index contributed by atoms with van der Waals surface area (Å²) in [6, 6.07) is 3.01. The van der Waals surface area contributed by atoms with Gasteiger partial charge in [0, 0.05) is 43.5 Å². The lowest BCUT2D eigenvalue weighted by molar-refractivity contribution is 0.112. The van der Waals surface area contributed by atoms with Crippen LogP contribution in [0.5, 0.6) is 0 Å². The highest BCUT2D eigenvalue weighted by Crippen LogP contribution is 2.34. The zero-order valence-electron chi connectivity index (χ0n) is 17.3. The fraction of sp³-hybridized carbons (Fsp3) is 0.435. The monoisotopic (exact) mass is 414 g/mol. The van der Waals surface area contributed by atoms with Gasteiger partial charge in [-0.1, -0.05) is 6.08 Å². The molecule has 160 valence electrons. The molecule has 1 aliphatic rings. The van der Waals surface area contributed by atoms with E-state index in [0.717, 1.165) is 12.8 Å². The number of carbonyl (C=O) groups is 1. The molecule has 0 bridgehead atoms. The first-order chi connectivity index (χ1) is 14.6. The summed E-state index contributed by atoms with van der Waals surface area (Å²) in [4.78, 5) is 21.2. The molecule has 1 saturated heterocycles. The smallest absolute Gasteiger partial charge is 0.225 e. The zero-order valence-corrected chi connectivity index (χ0v) is 17.3. The molecule has 7 heteroatoms. The second-order valence-corrected chi connectivity index (χ2v) is 7.71. The SMILES string of the molecule is C=CCCC(CNC)c1c(F)cc(C2CCN(c3ncc(C=O)cn3)CC2)cc1F. The number of hydrogen-bond acceptors (Lipinski definition) is 5. The third-order valence-electron chi connectivity index (χ3n) is 5.72. The van der Waals surface area contributed by atoms with Crippen LogP contribution in [0.3, 0.4) is 0 Å².